The van der Waals surface area contributed by atoms with Gasteiger partial charge in [0.05, 0.1) is 5.02 Å². The van der Waals surface area contributed by atoms with Gasteiger partial charge in [0.15, 0.2) is 0 Å². The van der Waals surface area contributed by atoms with Crippen LogP contribution in [0.15, 0.2) is 46.9 Å². The third-order valence-electron chi connectivity index (χ3n) is 5.67. The van der Waals surface area contributed by atoms with Crippen LogP contribution in [0.3, 0.4) is 0 Å². The summed E-state index contributed by atoms with van der Waals surface area (Å²) >= 11 is 10.1. The van der Waals surface area contributed by atoms with Crippen LogP contribution >= 0.6 is 27.5 Å². The molecule has 3 heteroatoms. The smallest absolute Gasteiger partial charge is 0.0582 e. The van der Waals surface area contributed by atoms with Crippen molar-refractivity contribution in [1.82, 2.24) is 4.90 Å². The SMILES string of the molecule is C[C@@]12CCc3c(ccc(Br)c3Cl)C1CN(Cc1ccccc1)C2. The van der Waals surface area contributed by atoms with Crippen molar-refractivity contribution in [3.05, 3.63) is 68.7 Å². The van der Waals surface area contributed by atoms with Gasteiger partial charge in [-0.15, -0.1) is 0 Å². The lowest BCUT2D eigenvalue weighted by Gasteiger charge is -2.37. The average Bonchev–Trinajstić information content (AvgIpc) is 2.88. The number of fused-ring (bicyclic) bond motifs is 3. The van der Waals surface area contributed by atoms with Gasteiger partial charge in [0.2, 0.25) is 0 Å². The Morgan fingerprint density at radius 3 is 2.78 bits per heavy atom. The molecule has 120 valence electrons. The Hall–Kier alpha value is -0.830. The minimum absolute atomic E-state index is 0.374. The van der Waals surface area contributed by atoms with Crippen LogP contribution in [-0.4, -0.2) is 18.0 Å². The standard InChI is InChI=1S/C20H21BrClN/c1-20-10-9-16-15(7-8-18(21)19(16)22)17(20)12-23(13-20)11-14-5-3-2-4-6-14/h2-8,17H,9-13H2,1H3/t17?,20-/m0/s1. The molecule has 1 aliphatic heterocycles. The number of rotatable bonds is 2. The van der Waals surface area contributed by atoms with Gasteiger partial charge in [-0.05, 0) is 56.9 Å². The van der Waals surface area contributed by atoms with Gasteiger partial charge >= 0.3 is 0 Å². The quantitative estimate of drug-likeness (QED) is 0.640. The molecule has 2 aromatic rings. The molecule has 4 rings (SSSR count). The van der Waals surface area contributed by atoms with E-state index in [-0.39, 0.29) is 0 Å². The van der Waals surface area contributed by atoms with E-state index in [1.54, 1.807) is 0 Å². The van der Waals surface area contributed by atoms with Gasteiger partial charge in [-0.2, -0.15) is 0 Å². The van der Waals surface area contributed by atoms with Gasteiger partial charge < -0.3 is 0 Å². The Kier molecular flexibility index (Phi) is 4.03. The van der Waals surface area contributed by atoms with Crippen LogP contribution in [0.1, 0.15) is 36.0 Å². The summed E-state index contributed by atoms with van der Waals surface area (Å²) in [6, 6.07) is 15.2. The molecule has 0 N–H and O–H groups in total. The zero-order valence-corrected chi connectivity index (χ0v) is 15.7. The molecule has 2 aromatic carbocycles. The van der Waals surface area contributed by atoms with Crippen molar-refractivity contribution >= 4 is 27.5 Å². The van der Waals surface area contributed by atoms with Crippen molar-refractivity contribution in [3.63, 3.8) is 0 Å². The summed E-state index contributed by atoms with van der Waals surface area (Å²) in [5.41, 5.74) is 4.62. The predicted octanol–water partition coefficient (Wildman–Crippen LogP) is 5.65. The van der Waals surface area contributed by atoms with Crippen molar-refractivity contribution in [1.29, 1.82) is 0 Å². The number of benzene rings is 2. The Bertz CT molecular complexity index is 730. The van der Waals surface area contributed by atoms with Crippen molar-refractivity contribution in [2.45, 2.75) is 32.2 Å². The lowest BCUT2D eigenvalue weighted by Crippen LogP contribution is -2.30. The van der Waals surface area contributed by atoms with E-state index in [0.29, 0.717) is 11.3 Å². The van der Waals surface area contributed by atoms with E-state index in [0.717, 1.165) is 29.0 Å². The molecule has 2 aliphatic rings. The fourth-order valence-corrected chi connectivity index (χ4v) is 5.09. The lowest BCUT2D eigenvalue weighted by molar-refractivity contribution is 0.240. The monoisotopic (exact) mass is 389 g/mol. The molecular weight excluding hydrogens is 370 g/mol. The predicted molar refractivity (Wildman–Crippen MR) is 100 cm³/mol. The van der Waals surface area contributed by atoms with Crippen molar-refractivity contribution in [2.24, 2.45) is 5.41 Å². The molecule has 0 saturated carbocycles. The first-order chi connectivity index (χ1) is 11.1. The van der Waals surface area contributed by atoms with E-state index in [1.807, 2.05) is 0 Å². The van der Waals surface area contributed by atoms with Crippen molar-refractivity contribution < 1.29 is 0 Å². The second-order valence-corrected chi connectivity index (χ2v) is 8.52. The van der Waals surface area contributed by atoms with E-state index in [4.69, 9.17) is 11.6 Å². The summed E-state index contributed by atoms with van der Waals surface area (Å²) in [4.78, 5) is 2.62. The molecule has 1 aliphatic carbocycles. The zero-order valence-electron chi connectivity index (χ0n) is 13.4. The molecule has 0 spiro atoms. The zero-order chi connectivity index (χ0) is 16.0. The molecule has 1 fully saturated rings. The van der Waals surface area contributed by atoms with Crippen LogP contribution in [0.4, 0.5) is 0 Å². The molecule has 0 amide bonds. The Labute approximate surface area is 151 Å². The van der Waals surface area contributed by atoms with E-state index < -0.39 is 0 Å². The fourth-order valence-electron chi connectivity index (χ4n) is 4.45. The molecule has 1 heterocycles. The summed E-state index contributed by atoms with van der Waals surface area (Å²) in [5.74, 6) is 0.598. The molecule has 1 unspecified atom stereocenters. The largest absolute Gasteiger partial charge is 0.298 e. The summed E-state index contributed by atoms with van der Waals surface area (Å²) in [6.07, 6.45) is 2.33. The van der Waals surface area contributed by atoms with Gasteiger partial charge in [-0.1, -0.05) is 54.9 Å². The Morgan fingerprint density at radius 1 is 1.22 bits per heavy atom. The molecule has 23 heavy (non-hydrogen) atoms. The molecule has 0 aromatic heterocycles. The van der Waals surface area contributed by atoms with Gasteiger partial charge in [-0.3, -0.25) is 4.90 Å². The minimum Gasteiger partial charge on any atom is -0.298 e. The second-order valence-electron chi connectivity index (χ2n) is 7.29. The molecule has 2 atom stereocenters. The van der Waals surface area contributed by atoms with Crippen LogP contribution < -0.4 is 0 Å². The number of hydrogen-bond donors (Lipinski definition) is 0. The highest BCUT2D eigenvalue weighted by molar-refractivity contribution is 9.10. The third kappa shape index (κ3) is 2.75. The average molecular weight is 391 g/mol. The lowest BCUT2D eigenvalue weighted by atomic mass is 9.67. The summed E-state index contributed by atoms with van der Waals surface area (Å²) < 4.78 is 1.03. The maximum absolute atomic E-state index is 6.55. The summed E-state index contributed by atoms with van der Waals surface area (Å²) in [7, 11) is 0. The number of hydrogen-bond acceptors (Lipinski definition) is 1. The highest BCUT2D eigenvalue weighted by atomic mass is 79.9. The van der Waals surface area contributed by atoms with Crippen molar-refractivity contribution in [2.75, 3.05) is 13.1 Å². The van der Waals surface area contributed by atoms with Crippen LogP contribution in [-0.2, 0) is 13.0 Å². The molecule has 1 nitrogen and oxygen atoms in total. The first-order valence-corrected chi connectivity index (χ1v) is 9.47. The highest BCUT2D eigenvalue weighted by Crippen LogP contribution is 2.52. The van der Waals surface area contributed by atoms with Gasteiger partial charge in [0.1, 0.15) is 0 Å². The van der Waals surface area contributed by atoms with Crippen LogP contribution in [0.2, 0.25) is 5.02 Å². The van der Waals surface area contributed by atoms with E-state index >= 15 is 0 Å². The Balaban J connectivity index is 1.63. The normalized spacial score (nSPS) is 26.8. The van der Waals surface area contributed by atoms with Crippen molar-refractivity contribution in [3.8, 4) is 0 Å². The van der Waals surface area contributed by atoms with Crippen LogP contribution in [0.25, 0.3) is 0 Å². The van der Waals surface area contributed by atoms with E-state index in [9.17, 15) is 0 Å². The van der Waals surface area contributed by atoms with Gasteiger partial charge in [0.25, 0.3) is 0 Å². The fraction of sp³-hybridized carbons (Fsp3) is 0.400. The van der Waals surface area contributed by atoms with Crippen LogP contribution in [0, 0.1) is 5.41 Å². The first-order valence-electron chi connectivity index (χ1n) is 8.30. The minimum atomic E-state index is 0.374. The first kappa shape index (κ1) is 15.7. The summed E-state index contributed by atoms with van der Waals surface area (Å²) in [5, 5.41) is 0.922. The maximum Gasteiger partial charge on any atom is 0.0582 e. The molecular formula is C20H21BrClN. The highest BCUT2D eigenvalue weighted by Gasteiger charge is 2.46. The van der Waals surface area contributed by atoms with Gasteiger partial charge in [-0.25, -0.2) is 0 Å². The third-order valence-corrected chi connectivity index (χ3v) is 6.99. The Morgan fingerprint density at radius 2 is 2.00 bits per heavy atom. The second kappa shape index (κ2) is 5.91. The maximum atomic E-state index is 6.55. The number of nitrogens with zero attached hydrogens (tertiary/aromatic N) is 1. The number of likely N-dealkylation sites (tertiary alicyclic amines) is 1. The molecule has 0 bridgehead atoms. The topological polar surface area (TPSA) is 3.24 Å². The molecule has 0 radical (unpaired) electrons. The van der Waals surface area contributed by atoms with Gasteiger partial charge in [0, 0.05) is 30.0 Å². The molecule has 1 saturated heterocycles. The van der Waals surface area contributed by atoms with E-state index in [2.05, 4.69) is 70.2 Å². The summed E-state index contributed by atoms with van der Waals surface area (Å²) in [6.45, 7) is 5.82. The van der Waals surface area contributed by atoms with Crippen LogP contribution in [0.5, 0.6) is 0 Å². The van der Waals surface area contributed by atoms with E-state index in [1.165, 1.54) is 29.7 Å². The number of halogens is 2.